The highest BCUT2D eigenvalue weighted by atomic mass is 16.6. The number of ether oxygens (including phenoxy) is 3. The highest BCUT2D eigenvalue weighted by molar-refractivity contribution is 5.94. The van der Waals surface area contributed by atoms with E-state index in [0.29, 0.717) is 5.75 Å². The molecular weight excluding hydrogens is 340 g/mol. The van der Waals surface area contributed by atoms with Crippen molar-refractivity contribution in [3.8, 4) is 5.75 Å². The van der Waals surface area contributed by atoms with Crippen LogP contribution in [0.2, 0.25) is 0 Å². The Balaban J connectivity index is 2.04. The molecule has 1 heterocycles. The number of carbonyl (C=O) groups excluding carboxylic acids is 3. The van der Waals surface area contributed by atoms with Crippen molar-refractivity contribution in [2.24, 2.45) is 0 Å². The van der Waals surface area contributed by atoms with Crippen LogP contribution in [0.5, 0.6) is 5.75 Å². The van der Waals surface area contributed by atoms with Gasteiger partial charge < -0.3 is 24.8 Å². The molecule has 0 saturated heterocycles. The molecule has 1 aliphatic heterocycles. The normalized spacial score (nSPS) is 17.7. The Hall–Kier alpha value is -3.03. The van der Waals surface area contributed by atoms with Crippen molar-refractivity contribution in [1.82, 2.24) is 10.6 Å². The van der Waals surface area contributed by atoms with E-state index in [1.54, 1.807) is 45.0 Å². The maximum atomic E-state index is 12.1. The molecule has 26 heavy (non-hydrogen) atoms. The van der Waals surface area contributed by atoms with Gasteiger partial charge in [-0.2, -0.15) is 0 Å². The van der Waals surface area contributed by atoms with Gasteiger partial charge in [-0.1, -0.05) is 18.2 Å². The van der Waals surface area contributed by atoms with E-state index < -0.39 is 30.1 Å². The van der Waals surface area contributed by atoms with Crippen LogP contribution in [-0.4, -0.2) is 43.3 Å². The molecule has 1 aliphatic rings. The van der Waals surface area contributed by atoms with Crippen molar-refractivity contribution in [1.29, 1.82) is 0 Å². The van der Waals surface area contributed by atoms with Crippen LogP contribution in [0.1, 0.15) is 20.8 Å². The minimum atomic E-state index is -0.848. The second kappa shape index (κ2) is 8.89. The largest absolute Gasteiger partial charge is 0.479 e. The Kier molecular flexibility index (Phi) is 6.60. The van der Waals surface area contributed by atoms with Crippen LogP contribution in [0.15, 0.2) is 41.6 Å². The van der Waals surface area contributed by atoms with Gasteiger partial charge in [0.05, 0.1) is 23.9 Å². The monoisotopic (exact) mass is 362 g/mol. The summed E-state index contributed by atoms with van der Waals surface area (Å²) >= 11 is 0. The summed E-state index contributed by atoms with van der Waals surface area (Å²) in [6, 6.07) is 7.81. The standard InChI is InChI=1S/C18H22N2O6/c1-4-24-17(22)15-11(2)19-18(23)20-14(15)10-25-16(21)12(3)26-13-8-6-5-7-9-13/h5-9,11-12H,4,10H2,1-3H3,(H2,19,20,23)/t11-,12+/m0/s1. The Morgan fingerprint density at radius 3 is 2.54 bits per heavy atom. The Bertz CT molecular complexity index is 701. The summed E-state index contributed by atoms with van der Waals surface area (Å²) < 4.78 is 15.7. The minimum Gasteiger partial charge on any atom is -0.479 e. The van der Waals surface area contributed by atoms with Crippen LogP contribution in [0.3, 0.4) is 0 Å². The molecule has 140 valence electrons. The molecule has 2 rings (SSSR count). The fourth-order valence-electron chi connectivity index (χ4n) is 2.41. The van der Waals surface area contributed by atoms with Crippen LogP contribution in [0, 0.1) is 0 Å². The Morgan fingerprint density at radius 2 is 1.88 bits per heavy atom. The zero-order valence-corrected chi connectivity index (χ0v) is 14.9. The zero-order valence-electron chi connectivity index (χ0n) is 14.9. The van der Waals surface area contributed by atoms with Gasteiger partial charge >= 0.3 is 18.0 Å². The second-order valence-corrected chi connectivity index (χ2v) is 5.61. The quantitative estimate of drug-likeness (QED) is 0.713. The van der Waals surface area contributed by atoms with Gasteiger partial charge in [-0.05, 0) is 32.9 Å². The summed E-state index contributed by atoms with van der Waals surface area (Å²) in [5, 5.41) is 5.06. The van der Waals surface area contributed by atoms with E-state index in [1.807, 2.05) is 6.07 Å². The number of hydrogen-bond acceptors (Lipinski definition) is 6. The number of rotatable bonds is 7. The highest BCUT2D eigenvalue weighted by Gasteiger charge is 2.30. The first-order chi connectivity index (χ1) is 12.4. The Labute approximate surface area is 151 Å². The smallest absolute Gasteiger partial charge is 0.347 e. The average molecular weight is 362 g/mol. The van der Waals surface area contributed by atoms with Crippen molar-refractivity contribution < 1.29 is 28.6 Å². The van der Waals surface area contributed by atoms with Gasteiger partial charge in [0, 0.05) is 0 Å². The fourth-order valence-corrected chi connectivity index (χ4v) is 2.41. The van der Waals surface area contributed by atoms with E-state index in [4.69, 9.17) is 14.2 Å². The van der Waals surface area contributed by atoms with Gasteiger partial charge in [0.2, 0.25) is 0 Å². The van der Waals surface area contributed by atoms with E-state index in [2.05, 4.69) is 10.6 Å². The lowest BCUT2D eigenvalue weighted by atomic mass is 10.0. The van der Waals surface area contributed by atoms with E-state index >= 15 is 0 Å². The van der Waals surface area contributed by atoms with Gasteiger partial charge in [0.25, 0.3) is 0 Å². The summed E-state index contributed by atoms with van der Waals surface area (Å²) in [6.07, 6.45) is -0.848. The summed E-state index contributed by atoms with van der Waals surface area (Å²) in [4.78, 5) is 35.9. The number of amides is 2. The molecule has 8 nitrogen and oxygen atoms in total. The first-order valence-corrected chi connectivity index (χ1v) is 8.28. The molecule has 2 N–H and O–H groups in total. The van der Waals surface area contributed by atoms with Crippen LogP contribution >= 0.6 is 0 Å². The zero-order chi connectivity index (χ0) is 19.1. The fraction of sp³-hybridized carbons (Fsp3) is 0.389. The topological polar surface area (TPSA) is 103 Å². The molecule has 0 fully saturated rings. The molecule has 1 aromatic rings. The predicted molar refractivity (Wildman–Crippen MR) is 92.3 cm³/mol. The third-order valence-corrected chi connectivity index (χ3v) is 3.61. The number of nitrogens with one attached hydrogen (secondary N) is 2. The van der Waals surface area contributed by atoms with Crippen molar-refractivity contribution in [2.75, 3.05) is 13.2 Å². The van der Waals surface area contributed by atoms with Crippen molar-refractivity contribution >= 4 is 18.0 Å². The molecule has 0 saturated carbocycles. The average Bonchev–Trinajstić information content (AvgIpc) is 2.60. The van der Waals surface area contributed by atoms with Crippen LogP contribution in [0.25, 0.3) is 0 Å². The number of urea groups is 1. The van der Waals surface area contributed by atoms with E-state index in [1.165, 1.54) is 0 Å². The highest BCUT2D eigenvalue weighted by Crippen LogP contribution is 2.16. The first kappa shape index (κ1) is 19.3. The molecule has 0 radical (unpaired) electrons. The summed E-state index contributed by atoms with van der Waals surface area (Å²) in [5.74, 6) is -0.663. The second-order valence-electron chi connectivity index (χ2n) is 5.61. The van der Waals surface area contributed by atoms with Crippen molar-refractivity contribution in [2.45, 2.75) is 32.9 Å². The molecule has 2 atom stereocenters. The summed E-state index contributed by atoms with van der Waals surface area (Å²) in [6.45, 7) is 4.80. The third kappa shape index (κ3) is 4.98. The van der Waals surface area contributed by atoms with Gasteiger partial charge in [-0.15, -0.1) is 0 Å². The predicted octanol–water partition coefficient (Wildman–Crippen LogP) is 1.52. The van der Waals surface area contributed by atoms with Gasteiger partial charge in [-0.3, -0.25) is 0 Å². The van der Waals surface area contributed by atoms with E-state index in [0.717, 1.165) is 0 Å². The van der Waals surface area contributed by atoms with Crippen LogP contribution < -0.4 is 15.4 Å². The molecule has 2 amide bonds. The molecule has 0 aromatic heterocycles. The lowest BCUT2D eigenvalue weighted by Crippen LogP contribution is -2.50. The minimum absolute atomic E-state index is 0.192. The third-order valence-electron chi connectivity index (χ3n) is 3.61. The first-order valence-electron chi connectivity index (χ1n) is 8.28. The maximum Gasteiger partial charge on any atom is 0.347 e. The molecule has 0 bridgehead atoms. The van der Waals surface area contributed by atoms with Gasteiger partial charge in [-0.25, -0.2) is 14.4 Å². The molecule has 0 unspecified atom stereocenters. The number of hydrogen-bond donors (Lipinski definition) is 2. The van der Waals surface area contributed by atoms with E-state index in [9.17, 15) is 14.4 Å². The molecular formula is C18H22N2O6. The molecule has 8 heteroatoms. The van der Waals surface area contributed by atoms with Crippen LogP contribution in [-0.2, 0) is 19.1 Å². The van der Waals surface area contributed by atoms with Crippen molar-refractivity contribution in [3.05, 3.63) is 41.6 Å². The van der Waals surface area contributed by atoms with Crippen LogP contribution in [0.4, 0.5) is 4.79 Å². The number of benzene rings is 1. The molecule has 0 aliphatic carbocycles. The lowest BCUT2D eigenvalue weighted by molar-refractivity contribution is -0.150. The molecule has 1 aromatic carbocycles. The lowest BCUT2D eigenvalue weighted by Gasteiger charge is -2.26. The Morgan fingerprint density at radius 1 is 1.19 bits per heavy atom. The number of esters is 2. The number of para-hydroxylation sites is 1. The van der Waals surface area contributed by atoms with Gasteiger partial charge in [0.15, 0.2) is 6.10 Å². The molecule has 0 spiro atoms. The number of carbonyl (C=O) groups is 3. The van der Waals surface area contributed by atoms with E-state index in [-0.39, 0.29) is 24.5 Å². The van der Waals surface area contributed by atoms with Gasteiger partial charge in [0.1, 0.15) is 12.4 Å². The maximum absolute atomic E-state index is 12.1. The van der Waals surface area contributed by atoms with Crippen molar-refractivity contribution in [3.63, 3.8) is 0 Å². The SMILES string of the molecule is CCOC(=O)C1=C(COC(=O)[C@@H](C)Oc2ccccc2)NC(=O)N[C@H]1C. The summed E-state index contributed by atoms with van der Waals surface area (Å²) in [5.41, 5.74) is 0.413. The summed E-state index contributed by atoms with van der Waals surface area (Å²) in [7, 11) is 0.